The first-order chi connectivity index (χ1) is 15.3. The zero-order valence-electron chi connectivity index (χ0n) is 17.8. The largest absolute Gasteiger partial charge is 0.416 e. The van der Waals surface area contributed by atoms with Crippen LogP contribution in [-0.2, 0) is 6.18 Å². The van der Waals surface area contributed by atoms with Crippen LogP contribution in [0, 0.1) is 5.92 Å². The monoisotopic (exact) mass is 447 g/mol. The lowest BCUT2D eigenvalue weighted by Crippen LogP contribution is -2.42. The molecule has 32 heavy (non-hydrogen) atoms. The standard InChI is InChI=1S/C24H28F3N3O2/c25-24(26,27)19-8-9-21(29-12-4-5-13-29)20(16-19)28-23(32)30-14-10-18(11-15-30)22(31)17-6-2-1-3-7-17/h1-3,6-9,16,18,22,31H,4-5,10-15H2,(H,28,32). The van der Waals surface area contributed by atoms with Crippen molar-refractivity contribution >= 4 is 17.4 Å². The van der Waals surface area contributed by atoms with Crippen molar-refractivity contribution in [3.8, 4) is 0 Å². The third-order valence-corrected chi connectivity index (χ3v) is 6.43. The van der Waals surface area contributed by atoms with Gasteiger partial charge in [-0.05, 0) is 55.4 Å². The summed E-state index contributed by atoms with van der Waals surface area (Å²) >= 11 is 0. The van der Waals surface area contributed by atoms with E-state index in [0.717, 1.165) is 43.6 Å². The molecule has 2 aliphatic heterocycles. The molecule has 0 aromatic heterocycles. The Hall–Kier alpha value is -2.74. The van der Waals surface area contributed by atoms with Crippen molar-refractivity contribution < 1.29 is 23.1 Å². The second kappa shape index (κ2) is 9.40. The number of piperidine rings is 1. The number of aliphatic hydroxyl groups excluding tert-OH is 1. The average molecular weight is 448 g/mol. The molecule has 2 N–H and O–H groups in total. The smallest absolute Gasteiger partial charge is 0.388 e. The molecule has 0 spiro atoms. The first-order valence-electron chi connectivity index (χ1n) is 11.1. The normalized spacial score (nSPS) is 18.6. The first kappa shape index (κ1) is 22.5. The summed E-state index contributed by atoms with van der Waals surface area (Å²) in [6.07, 6.45) is -1.85. The lowest BCUT2D eigenvalue weighted by Gasteiger charge is -2.34. The molecule has 2 fully saturated rings. The van der Waals surface area contributed by atoms with E-state index < -0.39 is 23.9 Å². The minimum absolute atomic E-state index is 0.0372. The number of nitrogens with zero attached hydrogens (tertiary/aromatic N) is 2. The predicted octanol–water partition coefficient (Wildman–Crippen LogP) is 5.28. The van der Waals surface area contributed by atoms with Gasteiger partial charge in [0.05, 0.1) is 23.0 Å². The van der Waals surface area contributed by atoms with Crippen molar-refractivity contribution in [2.24, 2.45) is 5.92 Å². The van der Waals surface area contributed by atoms with Crippen LogP contribution in [-0.4, -0.2) is 42.2 Å². The zero-order chi connectivity index (χ0) is 22.7. The molecular weight excluding hydrogens is 419 g/mol. The Balaban J connectivity index is 1.43. The summed E-state index contributed by atoms with van der Waals surface area (Å²) in [4.78, 5) is 16.5. The highest BCUT2D eigenvalue weighted by atomic mass is 19.4. The van der Waals surface area contributed by atoms with E-state index in [4.69, 9.17) is 0 Å². The second-order valence-corrected chi connectivity index (χ2v) is 8.53. The molecule has 2 saturated heterocycles. The predicted molar refractivity (Wildman–Crippen MR) is 118 cm³/mol. The Morgan fingerprint density at radius 1 is 1.00 bits per heavy atom. The number of amides is 2. The molecule has 8 heteroatoms. The summed E-state index contributed by atoms with van der Waals surface area (Å²) in [5, 5.41) is 13.4. The first-order valence-corrected chi connectivity index (χ1v) is 11.1. The molecule has 5 nitrogen and oxygen atoms in total. The summed E-state index contributed by atoms with van der Waals surface area (Å²) < 4.78 is 39.8. The van der Waals surface area contributed by atoms with Crippen molar-refractivity contribution in [3.63, 3.8) is 0 Å². The van der Waals surface area contributed by atoms with Gasteiger partial charge in [0.15, 0.2) is 0 Å². The van der Waals surface area contributed by atoms with Crippen LogP contribution < -0.4 is 10.2 Å². The number of anilines is 2. The van der Waals surface area contributed by atoms with Gasteiger partial charge < -0.3 is 20.2 Å². The minimum atomic E-state index is -4.48. The van der Waals surface area contributed by atoms with Crippen LogP contribution in [0.3, 0.4) is 0 Å². The molecule has 4 rings (SSSR count). The number of nitrogens with one attached hydrogen (secondary N) is 1. The van der Waals surface area contributed by atoms with Gasteiger partial charge >= 0.3 is 12.2 Å². The quantitative estimate of drug-likeness (QED) is 0.670. The van der Waals surface area contributed by atoms with E-state index in [-0.39, 0.29) is 11.6 Å². The van der Waals surface area contributed by atoms with E-state index in [2.05, 4.69) is 5.32 Å². The van der Waals surface area contributed by atoms with Crippen molar-refractivity contribution in [1.82, 2.24) is 4.90 Å². The molecule has 2 amide bonds. The van der Waals surface area contributed by atoms with Crippen LogP contribution in [0.5, 0.6) is 0 Å². The zero-order valence-corrected chi connectivity index (χ0v) is 17.8. The van der Waals surface area contributed by atoms with Gasteiger partial charge in [0.1, 0.15) is 0 Å². The summed E-state index contributed by atoms with van der Waals surface area (Å²) in [6.45, 7) is 2.41. The van der Waals surface area contributed by atoms with Crippen LogP contribution in [0.25, 0.3) is 0 Å². The maximum atomic E-state index is 13.3. The molecule has 2 aromatic carbocycles. The molecule has 2 aliphatic rings. The van der Waals surface area contributed by atoms with E-state index in [1.807, 2.05) is 35.2 Å². The second-order valence-electron chi connectivity index (χ2n) is 8.53. The van der Waals surface area contributed by atoms with Crippen LogP contribution in [0.2, 0.25) is 0 Å². The summed E-state index contributed by atoms with van der Waals surface area (Å²) in [5.41, 5.74) is 0.895. The lowest BCUT2D eigenvalue weighted by molar-refractivity contribution is -0.137. The topological polar surface area (TPSA) is 55.8 Å². The molecule has 172 valence electrons. The van der Waals surface area contributed by atoms with Gasteiger partial charge in [-0.3, -0.25) is 0 Å². The third kappa shape index (κ3) is 5.01. The van der Waals surface area contributed by atoms with Gasteiger partial charge in [0.25, 0.3) is 0 Å². The number of likely N-dealkylation sites (tertiary alicyclic amines) is 1. The molecule has 0 aliphatic carbocycles. The molecule has 0 bridgehead atoms. The number of carbonyl (C=O) groups excluding carboxylic acids is 1. The van der Waals surface area contributed by atoms with E-state index >= 15 is 0 Å². The Kier molecular flexibility index (Phi) is 6.60. The van der Waals surface area contributed by atoms with Gasteiger partial charge in [-0.1, -0.05) is 30.3 Å². The number of benzene rings is 2. The summed E-state index contributed by atoms with van der Waals surface area (Å²) in [7, 11) is 0. The highest BCUT2D eigenvalue weighted by Gasteiger charge is 2.33. The fourth-order valence-electron chi connectivity index (χ4n) is 4.58. The van der Waals surface area contributed by atoms with Gasteiger partial charge in [0, 0.05) is 26.2 Å². The Morgan fingerprint density at radius 3 is 2.28 bits per heavy atom. The number of halogens is 3. The summed E-state index contributed by atoms with van der Waals surface area (Å²) in [5.74, 6) is 0.0372. The molecule has 0 radical (unpaired) electrons. The van der Waals surface area contributed by atoms with Crippen LogP contribution in [0.15, 0.2) is 48.5 Å². The van der Waals surface area contributed by atoms with E-state index in [1.54, 1.807) is 4.90 Å². The van der Waals surface area contributed by atoms with Crippen LogP contribution in [0.1, 0.15) is 42.9 Å². The summed E-state index contributed by atoms with van der Waals surface area (Å²) in [6, 6.07) is 12.6. The number of urea groups is 1. The van der Waals surface area contributed by atoms with E-state index in [9.17, 15) is 23.1 Å². The van der Waals surface area contributed by atoms with Crippen molar-refractivity contribution in [2.45, 2.75) is 38.0 Å². The number of aliphatic hydroxyl groups is 1. The van der Waals surface area contributed by atoms with Crippen LogP contribution >= 0.6 is 0 Å². The van der Waals surface area contributed by atoms with Gasteiger partial charge in [-0.25, -0.2) is 4.79 Å². The number of hydrogen-bond acceptors (Lipinski definition) is 3. The molecule has 2 aromatic rings. The average Bonchev–Trinajstić information content (AvgIpc) is 3.33. The minimum Gasteiger partial charge on any atom is -0.388 e. The molecular formula is C24H28F3N3O2. The van der Waals surface area contributed by atoms with Gasteiger partial charge in [-0.15, -0.1) is 0 Å². The number of alkyl halides is 3. The van der Waals surface area contributed by atoms with Crippen molar-refractivity contribution in [2.75, 3.05) is 36.4 Å². The fraction of sp³-hybridized carbons (Fsp3) is 0.458. The maximum absolute atomic E-state index is 13.3. The van der Waals surface area contributed by atoms with Gasteiger partial charge in [0.2, 0.25) is 0 Å². The highest BCUT2D eigenvalue weighted by Crippen LogP contribution is 2.37. The van der Waals surface area contributed by atoms with Crippen LogP contribution in [0.4, 0.5) is 29.3 Å². The number of carbonyl (C=O) groups is 1. The number of hydrogen-bond donors (Lipinski definition) is 2. The molecule has 2 heterocycles. The van der Waals surface area contributed by atoms with Gasteiger partial charge in [-0.2, -0.15) is 13.2 Å². The SMILES string of the molecule is O=C(Nc1cc(C(F)(F)F)ccc1N1CCCC1)N1CCC(C(O)c2ccccc2)CC1. The third-order valence-electron chi connectivity index (χ3n) is 6.43. The van der Waals surface area contributed by atoms with Crippen molar-refractivity contribution in [3.05, 3.63) is 59.7 Å². The highest BCUT2D eigenvalue weighted by molar-refractivity contribution is 5.93. The maximum Gasteiger partial charge on any atom is 0.416 e. The molecule has 0 saturated carbocycles. The van der Waals surface area contributed by atoms with E-state index in [0.29, 0.717) is 31.6 Å². The Bertz CT molecular complexity index is 922. The Labute approximate surface area is 185 Å². The lowest BCUT2D eigenvalue weighted by atomic mass is 9.87. The number of rotatable bonds is 4. The van der Waals surface area contributed by atoms with Crippen molar-refractivity contribution in [1.29, 1.82) is 0 Å². The Morgan fingerprint density at radius 2 is 1.66 bits per heavy atom. The fourth-order valence-corrected chi connectivity index (χ4v) is 4.58. The van der Waals surface area contributed by atoms with E-state index in [1.165, 1.54) is 6.07 Å². The molecule has 1 unspecified atom stereocenters. The molecule has 1 atom stereocenters.